The highest BCUT2D eigenvalue weighted by Crippen LogP contribution is 2.61. The van der Waals surface area contributed by atoms with E-state index in [-0.39, 0.29) is 23.0 Å². The van der Waals surface area contributed by atoms with Gasteiger partial charge in [0.25, 0.3) is 0 Å². The van der Waals surface area contributed by atoms with Crippen LogP contribution in [0, 0.1) is 27.4 Å². The first kappa shape index (κ1) is 14.9. The number of hydrogen-bond donors (Lipinski definition) is 2. The van der Waals surface area contributed by atoms with Gasteiger partial charge in [-0.2, -0.15) is 0 Å². The molecule has 5 atom stereocenters. The monoisotopic (exact) mass is 317 g/mol. The Morgan fingerprint density at radius 3 is 2.78 bits per heavy atom. The molecule has 0 aromatic heterocycles. The molecule has 3 aliphatic carbocycles. The SMILES string of the molecule is C[C@]12CC[C@@H]3c4ccc(O)c([N+](=O)[O-])c4CC[C@H]3[C@@H]1CCC2O. The molecule has 0 heterocycles. The van der Waals surface area contributed by atoms with Gasteiger partial charge in [0.1, 0.15) is 0 Å². The summed E-state index contributed by atoms with van der Waals surface area (Å²) in [6.45, 7) is 2.22. The summed E-state index contributed by atoms with van der Waals surface area (Å²) in [4.78, 5) is 10.9. The van der Waals surface area contributed by atoms with Crippen LogP contribution in [0.2, 0.25) is 0 Å². The molecule has 2 fully saturated rings. The minimum Gasteiger partial charge on any atom is -0.502 e. The standard InChI is InChI=1S/C18H23NO4/c1-18-9-8-11-10-4-6-15(20)17(19(22)23)13(10)3-2-12(11)14(18)5-7-16(18)21/h4,6,11-12,14,16,20-21H,2-3,5,7-9H2,1H3/t11-,12-,14+,16?,18+/m1/s1. The summed E-state index contributed by atoms with van der Waals surface area (Å²) in [6.07, 6.45) is 5.28. The lowest BCUT2D eigenvalue weighted by molar-refractivity contribution is -0.386. The lowest BCUT2D eigenvalue weighted by Gasteiger charge is -2.49. The Kier molecular flexibility index (Phi) is 3.21. The number of fused-ring (bicyclic) bond motifs is 5. The zero-order chi connectivity index (χ0) is 16.4. The van der Waals surface area contributed by atoms with Crippen LogP contribution in [0.1, 0.15) is 56.1 Å². The van der Waals surface area contributed by atoms with E-state index in [1.54, 1.807) is 0 Å². The molecule has 0 bridgehead atoms. The molecule has 2 N–H and O–H groups in total. The molecule has 0 spiro atoms. The van der Waals surface area contributed by atoms with Gasteiger partial charge in [0.05, 0.1) is 11.0 Å². The van der Waals surface area contributed by atoms with Crippen LogP contribution >= 0.6 is 0 Å². The molecule has 2 saturated carbocycles. The second kappa shape index (κ2) is 4.94. The fraction of sp³-hybridized carbons (Fsp3) is 0.667. The van der Waals surface area contributed by atoms with E-state index >= 15 is 0 Å². The summed E-state index contributed by atoms with van der Waals surface area (Å²) in [5.74, 6) is 1.13. The number of aromatic hydroxyl groups is 1. The average Bonchev–Trinajstić information content (AvgIpc) is 2.82. The molecule has 5 nitrogen and oxygen atoms in total. The Morgan fingerprint density at radius 2 is 2.04 bits per heavy atom. The Labute approximate surface area is 135 Å². The first-order valence-electron chi connectivity index (χ1n) is 8.60. The number of phenols is 1. The van der Waals surface area contributed by atoms with Gasteiger partial charge < -0.3 is 10.2 Å². The minimum atomic E-state index is -0.444. The van der Waals surface area contributed by atoms with Crippen LogP contribution < -0.4 is 0 Å². The van der Waals surface area contributed by atoms with Gasteiger partial charge in [-0.15, -0.1) is 0 Å². The van der Waals surface area contributed by atoms with Crippen molar-refractivity contribution in [2.45, 2.75) is 57.5 Å². The largest absolute Gasteiger partial charge is 0.502 e. The van der Waals surface area contributed by atoms with Crippen LogP contribution in [-0.2, 0) is 6.42 Å². The second-order valence-corrected chi connectivity index (χ2v) is 7.81. The van der Waals surface area contributed by atoms with Gasteiger partial charge >= 0.3 is 5.69 Å². The number of phenolic OH excluding ortho intramolecular Hbond substituents is 1. The molecular formula is C18H23NO4. The third kappa shape index (κ3) is 1.95. The summed E-state index contributed by atoms with van der Waals surface area (Å²) in [6, 6.07) is 3.37. The minimum absolute atomic E-state index is 0.0154. The van der Waals surface area contributed by atoms with E-state index in [9.17, 15) is 20.3 Å². The molecule has 3 aliphatic rings. The Hall–Kier alpha value is -1.62. The highest BCUT2D eigenvalue weighted by atomic mass is 16.6. The van der Waals surface area contributed by atoms with Crippen LogP contribution in [-0.4, -0.2) is 21.2 Å². The predicted molar refractivity (Wildman–Crippen MR) is 85.4 cm³/mol. The van der Waals surface area contributed by atoms with Crippen LogP contribution in [0.3, 0.4) is 0 Å². The Balaban J connectivity index is 1.76. The number of nitrogens with zero attached hydrogens (tertiary/aromatic N) is 1. The Morgan fingerprint density at radius 1 is 1.26 bits per heavy atom. The van der Waals surface area contributed by atoms with Gasteiger partial charge in [-0.05, 0) is 73.3 Å². The van der Waals surface area contributed by atoms with E-state index < -0.39 is 4.92 Å². The topological polar surface area (TPSA) is 83.6 Å². The van der Waals surface area contributed by atoms with Crippen molar-refractivity contribution in [3.8, 4) is 5.75 Å². The molecule has 0 saturated heterocycles. The van der Waals surface area contributed by atoms with Gasteiger partial charge in [-0.1, -0.05) is 13.0 Å². The maximum absolute atomic E-state index is 11.3. The first-order valence-corrected chi connectivity index (χ1v) is 8.60. The second-order valence-electron chi connectivity index (χ2n) is 7.81. The molecule has 0 amide bonds. The molecule has 1 aromatic rings. The number of nitro benzene ring substituents is 1. The van der Waals surface area contributed by atoms with Crippen molar-refractivity contribution in [1.82, 2.24) is 0 Å². The van der Waals surface area contributed by atoms with Crippen LogP contribution in [0.5, 0.6) is 5.75 Å². The number of aliphatic hydroxyl groups excluding tert-OH is 1. The maximum Gasteiger partial charge on any atom is 0.314 e. The van der Waals surface area contributed by atoms with Gasteiger partial charge in [0.2, 0.25) is 0 Å². The van der Waals surface area contributed by atoms with E-state index in [0.717, 1.165) is 43.2 Å². The number of benzene rings is 1. The van der Waals surface area contributed by atoms with Gasteiger partial charge in [0.15, 0.2) is 5.75 Å². The molecule has 0 radical (unpaired) electrons. The van der Waals surface area contributed by atoms with Crippen LogP contribution in [0.15, 0.2) is 12.1 Å². The van der Waals surface area contributed by atoms with Crippen molar-refractivity contribution in [3.05, 3.63) is 33.4 Å². The van der Waals surface area contributed by atoms with Crippen LogP contribution in [0.25, 0.3) is 0 Å². The van der Waals surface area contributed by atoms with Crippen molar-refractivity contribution in [3.63, 3.8) is 0 Å². The Bertz CT molecular complexity index is 673. The fourth-order valence-electron chi connectivity index (χ4n) is 5.81. The molecule has 1 aromatic carbocycles. The molecule has 5 heteroatoms. The first-order chi connectivity index (χ1) is 10.9. The fourth-order valence-corrected chi connectivity index (χ4v) is 5.81. The van der Waals surface area contributed by atoms with E-state index in [4.69, 9.17) is 0 Å². The zero-order valence-corrected chi connectivity index (χ0v) is 13.4. The van der Waals surface area contributed by atoms with Crippen molar-refractivity contribution >= 4 is 5.69 Å². The zero-order valence-electron chi connectivity index (χ0n) is 13.4. The summed E-state index contributed by atoms with van der Waals surface area (Å²) in [5, 5.41) is 31.6. The van der Waals surface area contributed by atoms with Crippen molar-refractivity contribution < 1.29 is 15.1 Å². The predicted octanol–water partition coefficient (Wildman–Crippen LogP) is 3.52. The normalized spacial score (nSPS) is 38.5. The van der Waals surface area contributed by atoms with E-state index in [2.05, 4.69) is 6.92 Å². The summed E-state index contributed by atoms with van der Waals surface area (Å²) in [7, 11) is 0. The lowest BCUT2D eigenvalue weighted by atomic mass is 9.55. The summed E-state index contributed by atoms with van der Waals surface area (Å²) < 4.78 is 0. The molecule has 4 rings (SSSR count). The highest BCUT2D eigenvalue weighted by molar-refractivity contribution is 5.57. The van der Waals surface area contributed by atoms with Crippen LogP contribution in [0.4, 0.5) is 5.69 Å². The summed E-state index contributed by atoms with van der Waals surface area (Å²) >= 11 is 0. The van der Waals surface area contributed by atoms with Gasteiger partial charge in [0, 0.05) is 5.56 Å². The molecule has 0 aliphatic heterocycles. The molecule has 23 heavy (non-hydrogen) atoms. The summed E-state index contributed by atoms with van der Waals surface area (Å²) in [5.41, 5.74) is 1.72. The third-order valence-electron chi connectivity index (χ3n) is 6.99. The molecule has 1 unspecified atom stereocenters. The maximum atomic E-state index is 11.3. The lowest BCUT2D eigenvalue weighted by Crippen LogP contribution is -2.44. The van der Waals surface area contributed by atoms with Gasteiger partial charge in [-0.3, -0.25) is 10.1 Å². The van der Waals surface area contributed by atoms with Gasteiger partial charge in [-0.25, -0.2) is 0 Å². The number of hydrogen-bond acceptors (Lipinski definition) is 4. The van der Waals surface area contributed by atoms with Crippen molar-refractivity contribution in [1.29, 1.82) is 0 Å². The smallest absolute Gasteiger partial charge is 0.314 e. The average molecular weight is 317 g/mol. The van der Waals surface area contributed by atoms with E-state index in [1.165, 1.54) is 6.07 Å². The number of aliphatic hydroxyl groups is 1. The van der Waals surface area contributed by atoms with Crippen molar-refractivity contribution in [2.75, 3.05) is 0 Å². The van der Waals surface area contributed by atoms with Crippen molar-refractivity contribution in [2.24, 2.45) is 17.3 Å². The quantitative estimate of drug-likeness (QED) is 0.613. The number of rotatable bonds is 1. The van der Waals surface area contributed by atoms with E-state index in [1.807, 2.05) is 6.07 Å². The molecule has 124 valence electrons. The third-order valence-corrected chi connectivity index (χ3v) is 6.99. The highest BCUT2D eigenvalue weighted by Gasteiger charge is 2.54. The number of nitro groups is 1. The van der Waals surface area contributed by atoms with E-state index in [0.29, 0.717) is 24.2 Å². The molecular weight excluding hydrogens is 294 g/mol.